The van der Waals surface area contributed by atoms with E-state index in [1.165, 1.54) is 4.88 Å². The van der Waals surface area contributed by atoms with Crippen LogP contribution in [0.15, 0.2) is 36.5 Å². The summed E-state index contributed by atoms with van der Waals surface area (Å²) in [6, 6.07) is 10.2. The summed E-state index contributed by atoms with van der Waals surface area (Å²) in [7, 11) is 0. The van der Waals surface area contributed by atoms with Gasteiger partial charge < -0.3 is 11.1 Å². The van der Waals surface area contributed by atoms with E-state index in [-0.39, 0.29) is 5.54 Å². The molecule has 1 aromatic heterocycles. The highest BCUT2D eigenvalue weighted by Gasteiger charge is 2.20. The molecule has 1 unspecified atom stereocenters. The van der Waals surface area contributed by atoms with Crippen LogP contribution in [0, 0.1) is 6.92 Å². The van der Waals surface area contributed by atoms with Crippen LogP contribution in [0.5, 0.6) is 0 Å². The van der Waals surface area contributed by atoms with E-state index in [0.29, 0.717) is 0 Å². The van der Waals surface area contributed by atoms with E-state index < -0.39 is 0 Å². The van der Waals surface area contributed by atoms with Crippen LogP contribution in [0.4, 0.5) is 0 Å². The molecule has 1 atom stereocenters. The van der Waals surface area contributed by atoms with Crippen molar-refractivity contribution in [1.29, 1.82) is 0 Å². The molecule has 0 amide bonds. The fourth-order valence-electron chi connectivity index (χ4n) is 1.85. The lowest BCUT2D eigenvalue weighted by molar-refractivity contribution is 0.447. The van der Waals surface area contributed by atoms with Gasteiger partial charge in [-0.2, -0.15) is 0 Å². The molecule has 0 spiro atoms. The van der Waals surface area contributed by atoms with Crippen molar-refractivity contribution >= 4 is 11.3 Å². The molecule has 0 fully saturated rings. The second-order valence-corrected chi connectivity index (χ2v) is 6.05. The molecule has 0 bridgehead atoms. The topological polar surface area (TPSA) is 50.9 Å². The number of aryl methyl sites for hydroxylation is 1. The van der Waals surface area contributed by atoms with Crippen molar-refractivity contribution in [3.63, 3.8) is 0 Å². The van der Waals surface area contributed by atoms with Crippen LogP contribution in [-0.4, -0.2) is 11.5 Å². The van der Waals surface area contributed by atoms with E-state index in [2.05, 4.69) is 22.4 Å². The normalized spacial score (nSPS) is 14.4. The highest BCUT2D eigenvalue weighted by molar-refractivity contribution is 7.11. The minimum atomic E-state index is -0.346. The Morgan fingerprint density at radius 2 is 2.06 bits per heavy atom. The molecule has 0 radical (unpaired) electrons. The number of nitrogens with two attached hydrogens (primary N) is 1. The van der Waals surface area contributed by atoms with Crippen LogP contribution in [0.25, 0.3) is 0 Å². The third kappa shape index (κ3) is 3.38. The largest absolute Gasteiger partial charge is 0.321 e. The Hall–Kier alpha value is -1.23. The van der Waals surface area contributed by atoms with Crippen LogP contribution in [0.1, 0.15) is 22.4 Å². The fourth-order valence-corrected chi connectivity index (χ4v) is 2.62. The standard InChI is InChI=1S/C14H19N3S/c1-11-17-9-13(18-11)8-16-10-14(2,15)12-6-4-3-5-7-12/h3-7,9,16H,8,10,15H2,1-2H3. The highest BCUT2D eigenvalue weighted by atomic mass is 32.1. The van der Waals surface area contributed by atoms with E-state index in [1.54, 1.807) is 11.3 Å². The van der Waals surface area contributed by atoms with Gasteiger partial charge in [0.05, 0.1) is 10.5 Å². The number of nitrogens with zero attached hydrogens (tertiary/aromatic N) is 1. The van der Waals surface area contributed by atoms with Gasteiger partial charge in [-0.3, -0.25) is 0 Å². The second kappa shape index (κ2) is 5.61. The maximum absolute atomic E-state index is 6.33. The van der Waals surface area contributed by atoms with Crippen LogP contribution in [0.2, 0.25) is 0 Å². The van der Waals surface area contributed by atoms with Crippen LogP contribution in [-0.2, 0) is 12.1 Å². The van der Waals surface area contributed by atoms with Gasteiger partial charge in [0.15, 0.2) is 0 Å². The molecule has 3 N–H and O–H groups in total. The first-order chi connectivity index (χ1) is 8.58. The minimum absolute atomic E-state index is 0.346. The summed E-state index contributed by atoms with van der Waals surface area (Å²) >= 11 is 1.72. The molecule has 96 valence electrons. The number of aromatic nitrogens is 1. The number of rotatable bonds is 5. The van der Waals surface area contributed by atoms with Crippen molar-refractivity contribution in [2.45, 2.75) is 25.9 Å². The third-order valence-electron chi connectivity index (χ3n) is 2.89. The maximum atomic E-state index is 6.33. The van der Waals surface area contributed by atoms with Gasteiger partial charge in [-0.15, -0.1) is 11.3 Å². The van der Waals surface area contributed by atoms with Crippen molar-refractivity contribution in [2.24, 2.45) is 5.73 Å². The number of benzene rings is 1. The predicted molar refractivity (Wildman–Crippen MR) is 76.5 cm³/mol. The van der Waals surface area contributed by atoms with Gasteiger partial charge in [0.1, 0.15) is 0 Å². The average Bonchev–Trinajstić information content (AvgIpc) is 2.76. The maximum Gasteiger partial charge on any atom is 0.0897 e. The van der Waals surface area contributed by atoms with Gasteiger partial charge in [-0.05, 0) is 19.4 Å². The smallest absolute Gasteiger partial charge is 0.0897 e. The predicted octanol–water partition coefficient (Wildman–Crippen LogP) is 2.42. The van der Waals surface area contributed by atoms with E-state index in [0.717, 1.165) is 23.7 Å². The number of thiazole rings is 1. The Morgan fingerprint density at radius 3 is 2.67 bits per heavy atom. The summed E-state index contributed by atoms with van der Waals surface area (Å²) in [5.41, 5.74) is 7.14. The number of hydrogen-bond donors (Lipinski definition) is 2. The molecule has 1 heterocycles. The van der Waals surface area contributed by atoms with E-state index >= 15 is 0 Å². The molecule has 0 aliphatic heterocycles. The zero-order chi connectivity index (χ0) is 13.0. The first-order valence-electron chi connectivity index (χ1n) is 6.04. The monoisotopic (exact) mass is 261 g/mol. The summed E-state index contributed by atoms with van der Waals surface area (Å²) in [4.78, 5) is 5.48. The van der Waals surface area contributed by atoms with Crippen molar-refractivity contribution in [3.05, 3.63) is 52.0 Å². The Balaban J connectivity index is 1.89. The summed E-state index contributed by atoms with van der Waals surface area (Å²) in [5, 5.41) is 4.50. The van der Waals surface area contributed by atoms with E-state index in [1.807, 2.05) is 38.2 Å². The molecule has 0 saturated heterocycles. The van der Waals surface area contributed by atoms with Gasteiger partial charge in [0.25, 0.3) is 0 Å². The van der Waals surface area contributed by atoms with Crippen LogP contribution in [0.3, 0.4) is 0 Å². The van der Waals surface area contributed by atoms with Crippen LogP contribution >= 0.6 is 11.3 Å². The molecule has 0 aliphatic rings. The zero-order valence-corrected chi connectivity index (χ0v) is 11.6. The molecule has 0 aliphatic carbocycles. The van der Waals surface area contributed by atoms with Gasteiger partial charge in [-0.25, -0.2) is 4.98 Å². The molecule has 3 nitrogen and oxygen atoms in total. The van der Waals surface area contributed by atoms with Gasteiger partial charge in [0, 0.05) is 24.2 Å². The van der Waals surface area contributed by atoms with Crippen molar-refractivity contribution in [2.75, 3.05) is 6.54 Å². The summed E-state index contributed by atoms with van der Waals surface area (Å²) < 4.78 is 0. The van der Waals surface area contributed by atoms with Gasteiger partial charge in [-0.1, -0.05) is 30.3 Å². The third-order valence-corrected chi connectivity index (χ3v) is 3.81. The van der Waals surface area contributed by atoms with Crippen molar-refractivity contribution in [3.8, 4) is 0 Å². The molecule has 2 aromatic rings. The van der Waals surface area contributed by atoms with Crippen molar-refractivity contribution < 1.29 is 0 Å². The van der Waals surface area contributed by atoms with Gasteiger partial charge >= 0.3 is 0 Å². The average molecular weight is 261 g/mol. The lowest BCUT2D eigenvalue weighted by Crippen LogP contribution is -2.43. The second-order valence-electron chi connectivity index (χ2n) is 4.73. The fraction of sp³-hybridized carbons (Fsp3) is 0.357. The summed E-state index contributed by atoms with van der Waals surface area (Å²) in [5.74, 6) is 0. The zero-order valence-electron chi connectivity index (χ0n) is 10.8. The first-order valence-corrected chi connectivity index (χ1v) is 6.86. The lowest BCUT2D eigenvalue weighted by Gasteiger charge is -2.25. The molecular formula is C14H19N3S. The van der Waals surface area contributed by atoms with E-state index in [9.17, 15) is 0 Å². The Labute approximate surface area is 112 Å². The Bertz CT molecular complexity index is 491. The molecule has 4 heteroatoms. The summed E-state index contributed by atoms with van der Waals surface area (Å²) in [6.45, 7) is 5.64. The minimum Gasteiger partial charge on any atom is -0.321 e. The van der Waals surface area contributed by atoms with E-state index in [4.69, 9.17) is 5.73 Å². The quantitative estimate of drug-likeness (QED) is 0.869. The SMILES string of the molecule is Cc1ncc(CNCC(C)(N)c2ccccc2)s1. The molecule has 1 aromatic carbocycles. The Morgan fingerprint density at radius 1 is 1.33 bits per heavy atom. The van der Waals surface area contributed by atoms with Gasteiger partial charge in [0.2, 0.25) is 0 Å². The van der Waals surface area contributed by atoms with Crippen molar-refractivity contribution in [1.82, 2.24) is 10.3 Å². The Kier molecular flexibility index (Phi) is 4.11. The number of hydrogen-bond acceptors (Lipinski definition) is 4. The number of nitrogens with one attached hydrogen (secondary N) is 1. The lowest BCUT2D eigenvalue weighted by atomic mass is 9.93. The highest BCUT2D eigenvalue weighted by Crippen LogP contribution is 2.17. The first kappa shape index (κ1) is 13.2. The molecule has 18 heavy (non-hydrogen) atoms. The summed E-state index contributed by atoms with van der Waals surface area (Å²) in [6.07, 6.45) is 1.92. The molecular weight excluding hydrogens is 242 g/mol. The van der Waals surface area contributed by atoms with Crippen LogP contribution < -0.4 is 11.1 Å². The molecule has 0 saturated carbocycles. The molecule has 2 rings (SSSR count).